The second kappa shape index (κ2) is 6.56. The molecule has 0 radical (unpaired) electrons. The van der Waals surface area contributed by atoms with Crippen LogP contribution in [0.3, 0.4) is 0 Å². The molecule has 10 heavy (non-hydrogen) atoms. The van der Waals surface area contributed by atoms with Crippen LogP contribution in [-0.4, -0.2) is 13.2 Å². The van der Waals surface area contributed by atoms with Crippen molar-refractivity contribution in [3.63, 3.8) is 0 Å². The van der Waals surface area contributed by atoms with Gasteiger partial charge < -0.3 is 4.74 Å². The number of hydrogen-bond acceptors (Lipinski definition) is 1. The highest BCUT2D eigenvalue weighted by Gasteiger charge is 1.86. The van der Waals surface area contributed by atoms with Crippen molar-refractivity contribution in [3.8, 4) is 0 Å². The zero-order valence-electron chi connectivity index (χ0n) is 6.24. The molecule has 0 rings (SSSR count). The lowest BCUT2D eigenvalue weighted by Gasteiger charge is -2.00. The first kappa shape index (κ1) is 12.1. The maximum absolute atomic E-state index is 5.16. The van der Waals surface area contributed by atoms with Gasteiger partial charge in [-0.1, -0.05) is 31.7 Å². The Kier molecular flexibility index (Phi) is 7.97. The second-order valence-electron chi connectivity index (χ2n) is 2.41. The fourth-order valence-electron chi connectivity index (χ4n) is 0.399. The van der Waals surface area contributed by atoms with Gasteiger partial charge in [-0.2, -0.15) is 0 Å². The van der Waals surface area contributed by atoms with Crippen LogP contribution in [0.2, 0.25) is 0 Å². The maximum atomic E-state index is 5.16. The van der Waals surface area contributed by atoms with Gasteiger partial charge >= 0.3 is 0 Å². The third-order valence-corrected chi connectivity index (χ3v) is 0.697. The van der Waals surface area contributed by atoms with Gasteiger partial charge in [0.15, 0.2) is 0 Å². The van der Waals surface area contributed by atoms with Crippen molar-refractivity contribution in [1.29, 1.82) is 0 Å². The van der Waals surface area contributed by atoms with E-state index >= 15 is 0 Å². The van der Waals surface area contributed by atoms with Gasteiger partial charge in [0, 0.05) is 0 Å². The normalized spacial score (nSPS) is 8.20. The van der Waals surface area contributed by atoms with Gasteiger partial charge in [-0.3, -0.25) is 0 Å². The predicted molar refractivity (Wildman–Crippen MR) is 47.2 cm³/mol. The van der Waals surface area contributed by atoms with Gasteiger partial charge in [0.2, 0.25) is 0 Å². The molecule has 0 bridgehead atoms. The summed E-state index contributed by atoms with van der Waals surface area (Å²) >= 11 is 0. The molecule has 0 atom stereocenters. The van der Waals surface area contributed by atoms with Crippen molar-refractivity contribution in [2.75, 3.05) is 13.2 Å². The van der Waals surface area contributed by atoms with Crippen LogP contribution in [0.4, 0.5) is 0 Å². The molecule has 1 nitrogen and oxygen atoms in total. The summed E-state index contributed by atoms with van der Waals surface area (Å²) in [4.78, 5) is 0. The van der Waals surface area contributed by atoms with Gasteiger partial charge in [0.25, 0.3) is 0 Å². The first-order chi connectivity index (χ1) is 4.13. The van der Waals surface area contributed by atoms with Crippen molar-refractivity contribution in [1.82, 2.24) is 0 Å². The van der Waals surface area contributed by atoms with E-state index in [4.69, 9.17) is 4.74 Å². The monoisotopic (exact) mass is 142 g/mol. The molecule has 0 spiro atoms. The summed E-state index contributed by atoms with van der Waals surface area (Å²) in [6, 6.07) is 0. The standard InChI is InChI=1S/C8H14O.CH4/c1-7(2)5-9-6-8(3)4;/h1,3,5-6H2,2,4H3;1H4. The highest BCUT2D eigenvalue weighted by Crippen LogP contribution is 1.92. The molecule has 0 unspecified atom stereocenters. The lowest BCUT2D eigenvalue weighted by atomic mass is 10.3. The van der Waals surface area contributed by atoms with E-state index in [0.717, 1.165) is 11.1 Å². The Morgan fingerprint density at radius 3 is 1.60 bits per heavy atom. The largest absolute Gasteiger partial charge is 0.373 e. The minimum absolute atomic E-state index is 0. The van der Waals surface area contributed by atoms with Crippen LogP contribution >= 0.6 is 0 Å². The Bertz CT molecular complexity index is 99.9. The van der Waals surface area contributed by atoms with E-state index in [2.05, 4.69) is 13.2 Å². The third kappa shape index (κ3) is 10.4. The predicted octanol–water partition coefficient (Wildman–Crippen LogP) is 2.79. The minimum Gasteiger partial charge on any atom is -0.373 e. The van der Waals surface area contributed by atoms with Gasteiger partial charge in [0.1, 0.15) is 0 Å². The molecule has 0 N–H and O–H groups in total. The number of rotatable bonds is 4. The molecule has 0 aromatic rings. The van der Waals surface area contributed by atoms with Crippen LogP contribution < -0.4 is 0 Å². The molecule has 0 amide bonds. The lowest BCUT2D eigenvalue weighted by molar-refractivity contribution is 0.180. The molecule has 1 heteroatoms. The van der Waals surface area contributed by atoms with E-state index in [-0.39, 0.29) is 7.43 Å². The molecule has 0 saturated heterocycles. The lowest BCUT2D eigenvalue weighted by Crippen LogP contribution is -1.96. The van der Waals surface area contributed by atoms with E-state index in [1.54, 1.807) is 0 Å². The summed E-state index contributed by atoms with van der Waals surface area (Å²) in [7, 11) is 0. The fraction of sp³-hybridized carbons (Fsp3) is 0.556. The molecule has 0 aliphatic carbocycles. The number of hydrogen-bond donors (Lipinski definition) is 0. The summed E-state index contributed by atoms with van der Waals surface area (Å²) in [5, 5.41) is 0. The van der Waals surface area contributed by atoms with Crippen LogP contribution in [0.1, 0.15) is 21.3 Å². The van der Waals surface area contributed by atoms with Crippen molar-refractivity contribution >= 4 is 0 Å². The second-order valence-corrected chi connectivity index (χ2v) is 2.41. The van der Waals surface area contributed by atoms with Crippen LogP contribution in [0.15, 0.2) is 24.3 Å². The third-order valence-electron chi connectivity index (χ3n) is 0.697. The SMILES string of the molecule is C.C=C(C)COCC(=C)C. The molecular weight excluding hydrogens is 124 g/mol. The zero-order valence-corrected chi connectivity index (χ0v) is 6.24. The Morgan fingerprint density at radius 2 is 1.40 bits per heavy atom. The first-order valence-electron chi connectivity index (χ1n) is 2.99. The smallest absolute Gasteiger partial charge is 0.0675 e. The Morgan fingerprint density at radius 1 is 1.10 bits per heavy atom. The molecule has 0 aliphatic heterocycles. The number of ether oxygens (including phenoxy) is 1. The molecule has 0 aromatic heterocycles. The van der Waals surface area contributed by atoms with Gasteiger partial charge in [-0.05, 0) is 13.8 Å². The van der Waals surface area contributed by atoms with E-state index in [9.17, 15) is 0 Å². The van der Waals surface area contributed by atoms with E-state index in [1.165, 1.54) is 0 Å². The summed E-state index contributed by atoms with van der Waals surface area (Å²) < 4.78 is 5.16. The Balaban J connectivity index is 0. The molecule has 60 valence electrons. The maximum Gasteiger partial charge on any atom is 0.0675 e. The van der Waals surface area contributed by atoms with E-state index in [0.29, 0.717) is 13.2 Å². The molecule has 0 saturated carbocycles. The Hall–Kier alpha value is -0.560. The molecule has 0 heterocycles. The zero-order chi connectivity index (χ0) is 7.28. The van der Waals surface area contributed by atoms with Crippen LogP contribution in [0, 0.1) is 0 Å². The highest BCUT2D eigenvalue weighted by molar-refractivity contribution is 4.91. The van der Waals surface area contributed by atoms with Crippen LogP contribution in [0.5, 0.6) is 0 Å². The van der Waals surface area contributed by atoms with Crippen molar-refractivity contribution < 1.29 is 4.74 Å². The highest BCUT2D eigenvalue weighted by atomic mass is 16.5. The summed E-state index contributed by atoms with van der Waals surface area (Å²) in [6.07, 6.45) is 0. The molecular formula is C9H18O. The van der Waals surface area contributed by atoms with E-state index in [1.807, 2.05) is 13.8 Å². The minimum atomic E-state index is 0. The van der Waals surface area contributed by atoms with Gasteiger partial charge in [-0.25, -0.2) is 0 Å². The van der Waals surface area contributed by atoms with Gasteiger partial charge in [-0.15, -0.1) is 0 Å². The topological polar surface area (TPSA) is 9.23 Å². The van der Waals surface area contributed by atoms with E-state index < -0.39 is 0 Å². The summed E-state index contributed by atoms with van der Waals surface area (Å²) in [5.74, 6) is 0. The quantitative estimate of drug-likeness (QED) is 0.548. The fourth-order valence-corrected chi connectivity index (χ4v) is 0.399. The summed E-state index contributed by atoms with van der Waals surface area (Å²) in [6.45, 7) is 12.6. The average Bonchev–Trinajstić information content (AvgIpc) is 1.63. The Labute approximate surface area is 64.4 Å². The van der Waals surface area contributed by atoms with Crippen molar-refractivity contribution in [2.24, 2.45) is 0 Å². The van der Waals surface area contributed by atoms with Crippen LogP contribution in [-0.2, 0) is 4.74 Å². The first-order valence-corrected chi connectivity index (χ1v) is 2.99. The van der Waals surface area contributed by atoms with Gasteiger partial charge in [0.05, 0.1) is 13.2 Å². The summed E-state index contributed by atoms with van der Waals surface area (Å²) in [5.41, 5.74) is 2.10. The molecule has 0 fully saturated rings. The van der Waals surface area contributed by atoms with Crippen molar-refractivity contribution in [2.45, 2.75) is 21.3 Å². The van der Waals surface area contributed by atoms with Crippen molar-refractivity contribution in [3.05, 3.63) is 24.3 Å². The average molecular weight is 142 g/mol. The van der Waals surface area contributed by atoms with Crippen LogP contribution in [0.25, 0.3) is 0 Å². The molecule has 0 aromatic carbocycles. The molecule has 0 aliphatic rings.